The van der Waals surface area contributed by atoms with Gasteiger partial charge in [-0.3, -0.25) is 33.6 Å². The van der Waals surface area contributed by atoms with E-state index in [-0.39, 0.29) is 55.9 Å². The maximum Gasteiger partial charge on any atom is 0.326 e. The lowest BCUT2D eigenvalue weighted by atomic mass is 10.0. The number of nitrogens with one attached hydrogen (secondary N) is 8. The first kappa shape index (κ1) is 54.3. The molecule has 2 heterocycles. The van der Waals surface area contributed by atoms with Gasteiger partial charge in [0.15, 0.2) is 0 Å². The molecule has 1 fully saturated rings. The number of phenolic OH excluding ortho intramolecular Hbond substituents is 1. The van der Waals surface area contributed by atoms with Crippen LogP contribution in [0, 0.1) is 5.92 Å². The molecule has 20 nitrogen and oxygen atoms in total. The first-order valence-corrected chi connectivity index (χ1v) is 25.3. The van der Waals surface area contributed by atoms with Gasteiger partial charge in [-0.2, -0.15) is 0 Å². The number of phenols is 1. The summed E-state index contributed by atoms with van der Waals surface area (Å²) in [7, 11) is 2.06. The van der Waals surface area contributed by atoms with E-state index in [9.17, 15) is 48.6 Å². The van der Waals surface area contributed by atoms with Crippen LogP contribution >= 0.6 is 21.6 Å². The monoisotopic (exact) mass is 1000 g/mol. The molecule has 1 aliphatic rings. The third-order valence-electron chi connectivity index (χ3n) is 11.4. The number of hydrogen-bond donors (Lipinski definition) is 12. The average molecular weight is 1000 g/mol. The van der Waals surface area contributed by atoms with Gasteiger partial charge in [0.2, 0.25) is 41.4 Å². The van der Waals surface area contributed by atoms with E-state index in [0.29, 0.717) is 16.7 Å². The Morgan fingerprint density at radius 3 is 1.86 bits per heavy atom. The first-order chi connectivity index (χ1) is 33.4. The number of carbonyl (C=O) groups is 8. The van der Waals surface area contributed by atoms with Gasteiger partial charge in [0, 0.05) is 47.9 Å². The smallest absolute Gasteiger partial charge is 0.326 e. The molecule has 7 amide bonds. The third-order valence-corrected chi connectivity index (χ3v) is 13.9. The number of para-hydroxylation sites is 1. The van der Waals surface area contributed by atoms with Gasteiger partial charge in [-0.25, -0.2) is 4.79 Å². The van der Waals surface area contributed by atoms with E-state index in [1.165, 1.54) is 31.2 Å². The van der Waals surface area contributed by atoms with E-state index in [1.807, 2.05) is 24.3 Å². The van der Waals surface area contributed by atoms with Crippen LogP contribution < -0.4 is 48.7 Å². The Morgan fingerprint density at radius 1 is 0.700 bits per heavy atom. The maximum atomic E-state index is 14.7. The standard InChI is InChI=1S/C48H62N10O10S2/c1-26(2)40(48(67)68)58-47(66)39-25-70-69-24-38(56-41(60)27(3)50)46(65)54-35(20-28-10-5-4-6-11-28)43(62)55-37(22-30-23-51-33-13-8-7-12-32(30)33)45(64)52-34(14-9-19-49)42(61)53-36(44(63)57-39)21-29-15-17-31(59)18-16-29/h4-8,10-13,15-18,23,26-27,34-40,51,59H,9,14,19-22,24-25,49-50H2,1-3H3,(H,52,64)(H,53,61)(H,54,65)(H,55,62)(H,56,60)(H,57,63)(H,58,66)(H,67,68)/t27-,34+,35+,36+,37+,38+,39+,40+/m1/s1. The van der Waals surface area contributed by atoms with Crippen molar-refractivity contribution in [3.63, 3.8) is 0 Å². The van der Waals surface area contributed by atoms with Gasteiger partial charge in [-0.05, 0) is 67.1 Å². The Morgan fingerprint density at radius 2 is 1.24 bits per heavy atom. The van der Waals surface area contributed by atoms with Gasteiger partial charge >= 0.3 is 5.97 Å². The van der Waals surface area contributed by atoms with Crippen LogP contribution in [-0.4, -0.2) is 129 Å². The molecule has 0 aliphatic carbocycles. The summed E-state index contributed by atoms with van der Waals surface area (Å²) >= 11 is 0. The number of rotatable bonds is 15. The Kier molecular flexibility index (Phi) is 20.5. The largest absolute Gasteiger partial charge is 0.508 e. The minimum absolute atomic E-state index is 0.00125. The molecular weight excluding hydrogens is 941 g/mol. The molecule has 22 heteroatoms. The summed E-state index contributed by atoms with van der Waals surface area (Å²) in [5, 5.41) is 39.6. The number of aromatic nitrogens is 1. The average Bonchev–Trinajstić information content (AvgIpc) is 3.74. The molecule has 376 valence electrons. The lowest BCUT2D eigenvalue weighted by Crippen LogP contribution is -2.61. The van der Waals surface area contributed by atoms with Crippen molar-refractivity contribution in [2.75, 3.05) is 18.1 Å². The Bertz CT molecular complexity index is 2460. The van der Waals surface area contributed by atoms with E-state index in [1.54, 1.807) is 50.4 Å². The van der Waals surface area contributed by atoms with Crippen LogP contribution in [0.1, 0.15) is 50.3 Å². The van der Waals surface area contributed by atoms with Crippen molar-refractivity contribution >= 4 is 79.8 Å². The van der Waals surface area contributed by atoms with Gasteiger partial charge in [0.25, 0.3) is 0 Å². The van der Waals surface area contributed by atoms with E-state index < -0.39 is 102 Å². The number of aromatic amines is 1. The van der Waals surface area contributed by atoms with E-state index in [0.717, 1.165) is 32.5 Å². The molecule has 1 aromatic heterocycles. The predicted octanol–water partition coefficient (Wildman–Crippen LogP) is 0.517. The van der Waals surface area contributed by atoms with Crippen molar-refractivity contribution in [2.24, 2.45) is 17.4 Å². The molecule has 0 radical (unpaired) electrons. The second-order valence-corrected chi connectivity index (χ2v) is 19.9. The minimum atomic E-state index is -1.42. The Balaban J connectivity index is 1.60. The van der Waals surface area contributed by atoms with E-state index in [4.69, 9.17) is 11.5 Å². The molecule has 8 atom stereocenters. The zero-order valence-electron chi connectivity index (χ0n) is 39.1. The fourth-order valence-corrected chi connectivity index (χ4v) is 9.81. The van der Waals surface area contributed by atoms with Gasteiger partial charge in [0.05, 0.1) is 6.04 Å². The molecule has 1 saturated heterocycles. The summed E-state index contributed by atoms with van der Waals surface area (Å²) in [5.41, 5.74) is 14.4. The van der Waals surface area contributed by atoms with E-state index >= 15 is 0 Å². The molecule has 4 aromatic rings. The fraction of sp³-hybridized carbons (Fsp3) is 0.417. The molecule has 3 aromatic carbocycles. The quantitative estimate of drug-likeness (QED) is 0.0723. The van der Waals surface area contributed by atoms with E-state index in [2.05, 4.69) is 42.2 Å². The summed E-state index contributed by atoms with van der Waals surface area (Å²) in [6, 6.07) is 11.6. The topological polar surface area (TPSA) is 329 Å². The number of carbonyl (C=O) groups excluding carboxylic acids is 7. The number of aromatic hydroxyl groups is 1. The van der Waals surface area contributed by atoms with Crippen LogP contribution in [0.5, 0.6) is 5.75 Å². The molecule has 0 spiro atoms. The van der Waals surface area contributed by atoms with Crippen LogP contribution in [0.15, 0.2) is 85.1 Å². The normalized spacial score (nSPS) is 22.1. The summed E-state index contributed by atoms with van der Waals surface area (Å²) in [6.45, 7) is 4.75. The summed E-state index contributed by atoms with van der Waals surface area (Å²) in [4.78, 5) is 115. The van der Waals surface area contributed by atoms with Crippen LogP contribution in [0.25, 0.3) is 10.9 Å². The highest BCUT2D eigenvalue weighted by molar-refractivity contribution is 8.76. The zero-order chi connectivity index (χ0) is 50.9. The Hall–Kier alpha value is -6.62. The molecule has 14 N–H and O–H groups in total. The number of hydrogen-bond acceptors (Lipinski definition) is 13. The van der Waals surface area contributed by atoms with Crippen LogP contribution in [0.4, 0.5) is 0 Å². The number of carboxylic acid groups (broad SMARTS) is 1. The van der Waals surface area contributed by atoms with Crippen molar-refractivity contribution in [1.29, 1.82) is 0 Å². The zero-order valence-corrected chi connectivity index (χ0v) is 40.7. The highest BCUT2D eigenvalue weighted by Gasteiger charge is 2.36. The summed E-state index contributed by atoms with van der Waals surface area (Å²) in [6.07, 6.45) is 1.68. The SMILES string of the molecule is CC(C)[C@H](NC(=O)[C@@H]1CSSC[C@H](NC(=O)[C@@H](C)N)C(=O)N[C@@H](Cc2ccccc2)C(=O)N[C@@H](Cc2c[nH]c3ccccc23)C(=O)N[C@@H](CCCN)C(=O)N[C@@H](Cc2ccc(O)cc2)C(=O)N1)C(=O)O. The maximum absolute atomic E-state index is 14.7. The lowest BCUT2D eigenvalue weighted by Gasteiger charge is -2.29. The highest BCUT2D eigenvalue weighted by Crippen LogP contribution is 2.25. The minimum Gasteiger partial charge on any atom is -0.508 e. The predicted molar refractivity (Wildman–Crippen MR) is 267 cm³/mol. The number of carboxylic acids is 1. The van der Waals surface area contributed by atoms with Crippen molar-refractivity contribution in [3.05, 3.63) is 102 Å². The fourth-order valence-electron chi connectivity index (χ4n) is 7.49. The van der Waals surface area contributed by atoms with Crippen molar-refractivity contribution in [1.82, 2.24) is 42.2 Å². The van der Waals surface area contributed by atoms with Crippen molar-refractivity contribution in [3.8, 4) is 5.75 Å². The molecule has 70 heavy (non-hydrogen) atoms. The summed E-state index contributed by atoms with van der Waals surface area (Å²) < 4.78 is 0. The van der Waals surface area contributed by atoms with Crippen LogP contribution in [0.2, 0.25) is 0 Å². The molecule has 5 rings (SSSR count). The number of nitrogens with two attached hydrogens (primary N) is 2. The van der Waals surface area contributed by atoms with Gasteiger partial charge in [-0.15, -0.1) is 0 Å². The van der Waals surface area contributed by atoms with Crippen LogP contribution in [-0.2, 0) is 57.6 Å². The number of benzene rings is 3. The number of H-pyrrole nitrogens is 1. The van der Waals surface area contributed by atoms with Gasteiger partial charge in [0.1, 0.15) is 48.0 Å². The number of fused-ring (bicyclic) bond motifs is 1. The van der Waals surface area contributed by atoms with Crippen molar-refractivity contribution < 1.29 is 48.6 Å². The highest BCUT2D eigenvalue weighted by atomic mass is 33.1. The molecule has 0 unspecified atom stereocenters. The molecule has 0 saturated carbocycles. The molecule has 1 aliphatic heterocycles. The third kappa shape index (κ3) is 16.0. The van der Waals surface area contributed by atoms with Gasteiger partial charge < -0.3 is 63.9 Å². The second-order valence-electron chi connectivity index (χ2n) is 17.3. The van der Waals surface area contributed by atoms with Crippen molar-refractivity contribution in [2.45, 2.75) is 101 Å². The van der Waals surface area contributed by atoms with Gasteiger partial charge in [-0.1, -0.05) is 96.1 Å². The number of aliphatic carboxylic acids is 1. The second kappa shape index (κ2) is 26.4. The lowest BCUT2D eigenvalue weighted by molar-refractivity contribution is -0.143. The first-order valence-electron chi connectivity index (χ1n) is 22.9. The number of amides is 7. The summed E-state index contributed by atoms with van der Waals surface area (Å²) in [5.74, 6) is -7.75. The Labute approximate surface area is 413 Å². The molecule has 0 bridgehead atoms. The molecular formula is C48H62N10O10S2. The van der Waals surface area contributed by atoms with Crippen LogP contribution in [0.3, 0.4) is 0 Å².